The van der Waals surface area contributed by atoms with Crippen molar-refractivity contribution in [2.75, 3.05) is 0 Å². The molecule has 4 nitrogen and oxygen atoms in total. The molecule has 0 aliphatic heterocycles. The van der Waals surface area contributed by atoms with E-state index in [0.717, 1.165) is 0 Å². The monoisotopic (exact) mass is 235 g/mol. The molecule has 0 aromatic heterocycles. The molecule has 0 aliphatic rings. The van der Waals surface area contributed by atoms with Crippen molar-refractivity contribution < 1.29 is 32.6 Å². The van der Waals surface area contributed by atoms with Crippen LogP contribution in [0.3, 0.4) is 0 Å². The van der Waals surface area contributed by atoms with Gasteiger partial charge >= 0.3 is 41.3 Å². The summed E-state index contributed by atoms with van der Waals surface area (Å²) in [5.41, 5.74) is 0. The summed E-state index contributed by atoms with van der Waals surface area (Å²) in [5, 5.41) is 0. The quantitative estimate of drug-likeness (QED) is 0.467. The zero-order chi connectivity index (χ0) is 3.58. The average Bonchev–Trinajstić information content (AvgIpc) is 0.811. The summed E-state index contributed by atoms with van der Waals surface area (Å²) >= 11 is 0. The molecular formula is H8Cl3NiO4. The van der Waals surface area contributed by atoms with E-state index in [1.165, 1.54) is 0 Å². The Bertz CT molecular complexity index is 16.0. The Hall–Kier alpha value is 1.20. The van der Waals surface area contributed by atoms with Crippen molar-refractivity contribution in [3.8, 4) is 0 Å². The molecule has 0 rings (SSSR count). The Balaban J connectivity index is -0.00000000750. The van der Waals surface area contributed by atoms with E-state index in [1.807, 2.05) is 0 Å². The molecule has 0 unspecified atom stereocenters. The van der Waals surface area contributed by atoms with Crippen LogP contribution in [0.5, 0.6) is 0 Å². The van der Waals surface area contributed by atoms with E-state index in [-0.39, 0.29) is 21.9 Å². The summed E-state index contributed by atoms with van der Waals surface area (Å²) in [5.74, 6) is 0. The zero-order valence-corrected chi connectivity index (χ0v) is 6.71. The van der Waals surface area contributed by atoms with Gasteiger partial charge in [0, 0.05) is 0 Å². The number of rotatable bonds is 0. The molecule has 0 aromatic rings. The molecule has 0 amide bonds. The summed E-state index contributed by atoms with van der Waals surface area (Å²) in [4.78, 5) is 0. The molecule has 0 saturated heterocycles. The van der Waals surface area contributed by atoms with Crippen molar-refractivity contribution >= 4 is 30.6 Å². The first kappa shape index (κ1) is 35.1. The molecule has 0 atom stereocenters. The average molecular weight is 237 g/mol. The van der Waals surface area contributed by atoms with Crippen molar-refractivity contribution in [3.05, 3.63) is 0 Å². The maximum atomic E-state index is 4.85. The van der Waals surface area contributed by atoms with Crippen LogP contribution in [0.4, 0.5) is 0 Å². The van der Waals surface area contributed by atoms with E-state index in [2.05, 4.69) is 0 Å². The summed E-state index contributed by atoms with van der Waals surface area (Å²) in [7, 11) is 13.5. The van der Waals surface area contributed by atoms with Crippen LogP contribution >= 0.6 is 30.6 Å². The molecular weight excluding hydrogens is 229 g/mol. The molecule has 0 spiro atoms. The van der Waals surface area contributed by atoms with Gasteiger partial charge in [0.05, 0.1) is 0 Å². The molecule has 0 radical (unpaired) electrons. The van der Waals surface area contributed by atoms with Gasteiger partial charge in [0.1, 0.15) is 0 Å². The van der Waals surface area contributed by atoms with Gasteiger partial charge in [-0.05, 0) is 0 Å². The second-order valence-electron chi connectivity index (χ2n) is 0.136. The van der Waals surface area contributed by atoms with Crippen LogP contribution in [0.1, 0.15) is 0 Å². The SMILES string of the molecule is O.O.O.O.[Cl][Ni]([Cl])[Cl]. The molecule has 8 heteroatoms. The van der Waals surface area contributed by atoms with E-state index < -0.39 is 10.7 Å². The molecule has 8 heavy (non-hydrogen) atoms. The van der Waals surface area contributed by atoms with Gasteiger partial charge < -0.3 is 21.9 Å². The van der Waals surface area contributed by atoms with E-state index in [1.54, 1.807) is 0 Å². The standard InChI is InChI=1S/3ClH.Ni.4H2O/h3*1H;;4*1H2/q;;;+3;;;;/p-3. The maximum absolute atomic E-state index is 4.85. The first-order chi connectivity index (χ1) is 1.73. The fourth-order valence-corrected chi connectivity index (χ4v) is 0. The first-order valence-corrected chi connectivity index (χ1v) is 4.44. The van der Waals surface area contributed by atoms with Gasteiger partial charge in [0.15, 0.2) is 0 Å². The molecule has 8 N–H and O–H groups in total. The van der Waals surface area contributed by atoms with Gasteiger partial charge in [0.2, 0.25) is 0 Å². The Morgan fingerprint density at radius 2 is 0.625 bits per heavy atom. The minimum absolute atomic E-state index is 0. The minimum atomic E-state index is -1.04. The zero-order valence-electron chi connectivity index (χ0n) is 3.45. The van der Waals surface area contributed by atoms with Gasteiger partial charge in [0.25, 0.3) is 0 Å². The summed E-state index contributed by atoms with van der Waals surface area (Å²) < 4.78 is 0. The summed E-state index contributed by atoms with van der Waals surface area (Å²) in [6.07, 6.45) is 0. The second kappa shape index (κ2) is 24.1. The van der Waals surface area contributed by atoms with E-state index in [9.17, 15) is 0 Å². The number of halogens is 3. The van der Waals surface area contributed by atoms with Crippen molar-refractivity contribution in [1.29, 1.82) is 0 Å². The van der Waals surface area contributed by atoms with Crippen LogP contribution in [0.2, 0.25) is 0 Å². The first-order valence-electron chi connectivity index (χ1n) is 0.359. The van der Waals surface area contributed by atoms with Crippen molar-refractivity contribution in [2.45, 2.75) is 0 Å². The molecule has 0 aromatic carbocycles. The molecule has 63 valence electrons. The van der Waals surface area contributed by atoms with Gasteiger partial charge in [-0.2, -0.15) is 0 Å². The van der Waals surface area contributed by atoms with Crippen LogP contribution in [0.25, 0.3) is 0 Å². The number of hydrogen-bond acceptors (Lipinski definition) is 0. The Kier molecular flexibility index (Phi) is 106. The van der Waals surface area contributed by atoms with Gasteiger partial charge in [-0.3, -0.25) is 0 Å². The van der Waals surface area contributed by atoms with E-state index in [0.29, 0.717) is 0 Å². The van der Waals surface area contributed by atoms with Gasteiger partial charge in [-0.15, -0.1) is 0 Å². The summed E-state index contributed by atoms with van der Waals surface area (Å²) in [6.45, 7) is 0. The third kappa shape index (κ3) is 191. The van der Waals surface area contributed by atoms with E-state index >= 15 is 0 Å². The predicted octanol–water partition coefficient (Wildman–Crippen LogP) is -1.23. The van der Waals surface area contributed by atoms with Crippen LogP contribution in [-0.4, -0.2) is 21.9 Å². The molecule has 0 fully saturated rings. The normalized spacial score (nSPS) is 5.62. The Morgan fingerprint density at radius 3 is 0.625 bits per heavy atom. The Labute approximate surface area is 63.4 Å². The van der Waals surface area contributed by atoms with Gasteiger partial charge in [-0.1, -0.05) is 0 Å². The van der Waals surface area contributed by atoms with Crippen LogP contribution in [0, 0.1) is 0 Å². The van der Waals surface area contributed by atoms with E-state index in [4.69, 9.17) is 30.6 Å². The fourth-order valence-electron chi connectivity index (χ4n) is 0. The van der Waals surface area contributed by atoms with Crippen molar-refractivity contribution in [2.24, 2.45) is 0 Å². The Morgan fingerprint density at radius 1 is 0.625 bits per heavy atom. The molecule has 0 bridgehead atoms. The van der Waals surface area contributed by atoms with Crippen molar-refractivity contribution in [1.82, 2.24) is 0 Å². The summed E-state index contributed by atoms with van der Waals surface area (Å²) in [6, 6.07) is 0. The van der Waals surface area contributed by atoms with Crippen LogP contribution < -0.4 is 0 Å². The molecule has 0 saturated carbocycles. The van der Waals surface area contributed by atoms with Crippen LogP contribution in [-0.2, 0) is 10.7 Å². The van der Waals surface area contributed by atoms with Crippen molar-refractivity contribution in [3.63, 3.8) is 0 Å². The number of hydrogen-bond donors (Lipinski definition) is 0. The molecule has 0 aliphatic carbocycles. The molecule has 0 heterocycles. The fraction of sp³-hybridized carbons (Fsp3) is 0. The topological polar surface area (TPSA) is 126 Å². The predicted molar refractivity (Wildman–Crippen MR) is 32.0 cm³/mol. The third-order valence-corrected chi connectivity index (χ3v) is 0. The van der Waals surface area contributed by atoms with Gasteiger partial charge in [-0.25, -0.2) is 0 Å². The second-order valence-corrected chi connectivity index (χ2v) is 5.03. The van der Waals surface area contributed by atoms with Crippen LogP contribution in [0.15, 0.2) is 0 Å². The third-order valence-electron chi connectivity index (χ3n) is 0.